The van der Waals surface area contributed by atoms with Gasteiger partial charge in [0.25, 0.3) is 10.0 Å². The van der Waals surface area contributed by atoms with Gasteiger partial charge in [-0.15, -0.1) is 0 Å². The highest BCUT2D eigenvalue weighted by molar-refractivity contribution is 7.90. The third-order valence-electron chi connectivity index (χ3n) is 4.71. The molecule has 32 heavy (non-hydrogen) atoms. The van der Waals surface area contributed by atoms with Gasteiger partial charge in [-0.2, -0.15) is 12.8 Å². The number of benzene rings is 3. The average molecular weight is 450 g/mol. The maximum absolute atomic E-state index is 13.2. The molecule has 1 aliphatic carbocycles. The van der Waals surface area contributed by atoms with E-state index >= 15 is 0 Å². The first-order valence-corrected chi connectivity index (χ1v) is 10.8. The number of carboxylic acids is 1. The number of carbonyl (C=O) groups excluding carboxylic acids is 1. The molecule has 0 heterocycles. The Morgan fingerprint density at radius 2 is 1.53 bits per heavy atom. The highest BCUT2D eigenvalue weighted by Gasteiger charge is 2.26. The molecule has 3 aromatic rings. The number of nitrogens with zero attached hydrogens (tertiary/aromatic N) is 1. The molecule has 3 aromatic carbocycles. The van der Waals surface area contributed by atoms with Gasteiger partial charge in [0, 0.05) is 16.8 Å². The summed E-state index contributed by atoms with van der Waals surface area (Å²) in [6.07, 6.45) is 1.32. The molecule has 0 aliphatic heterocycles. The number of aromatic carboxylic acids is 1. The molecule has 0 saturated heterocycles. The molecule has 4 rings (SSSR count). The summed E-state index contributed by atoms with van der Waals surface area (Å²) in [6.45, 7) is 0. The predicted octanol–water partition coefficient (Wildman–Crippen LogP) is 3.89. The summed E-state index contributed by atoms with van der Waals surface area (Å²) in [5.41, 5.74) is 1.23. The van der Waals surface area contributed by atoms with Gasteiger partial charge in [0.15, 0.2) is 0 Å². The molecule has 0 atom stereocenters. The van der Waals surface area contributed by atoms with Crippen LogP contribution in [-0.2, 0) is 10.0 Å². The van der Waals surface area contributed by atoms with Crippen LogP contribution in [0.5, 0.6) is 0 Å². The predicted molar refractivity (Wildman–Crippen MR) is 116 cm³/mol. The molecular formula is C23H15FN2O5S. The number of hydrogen-bond acceptors (Lipinski definition) is 5. The number of anilines is 1. The second kappa shape index (κ2) is 8.20. The van der Waals surface area contributed by atoms with E-state index in [0.717, 1.165) is 24.3 Å². The maximum Gasteiger partial charge on any atom is 0.335 e. The topological polar surface area (TPSA) is 113 Å². The van der Waals surface area contributed by atoms with Gasteiger partial charge >= 0.3 is 5.97 Å². The van der Waals surface area contributed by atoms with Crippen molar-refractivity contribution in [3.63, 3.8) is 0 Å². The summed E-state index contributed by atoms with van der Waals surface area (Å²) in [5, 5.41) is 11.9. The molecule has 160 valence electrons. The molecule has 1 aliphatic rings. The minimum absolute atomic E-state index is 0.0363. The molecule has 0 amide bonds. The number of hydrogen-bond donors (Lipinski definition) is 2. The molecule has 0 saturated carbocycles. The van der Waals surface area contributed by atoms with E-state index in [1.165, 1.54) is 30.3 Å². The molecule has 9 heteroatoms. The maximum atomic E-state index is 13.2. The Kier molecular flexibility index (Phi) is 5.41. The van der Waals surface area contributed by atoms with Gasteiger partial charge in [-0.1, -0.05) is 24.3 Å². The van der Waals surface area contributed by atoms with Crippen molar-refractivity contribution in [3.8, 4) is 0 Å². The van der Waals surface area contributed by atoms with Crippen molar-refractivity contribution in [1.29, 1.82) is 0 Å². The Bertz CT molecular complexity index is 1390. The SMILES string of the molecule is O=C(O)c1ccc(NC2=CC(=NS(=O)(=O)c3ccc(F)cc3)c3ccccc3C2=O)cc1. The smallest absolute Gasteiger partial charge is 0.335 e. The third-order valence-corrected chi connectivity index (χ3v) is 6.02. The van der Waals surface area contributed by atoms with Crippen LogP contribution in [-0.4, -0.2) is 31.0 Å². The first kappa shape index (κ1) is 21.1. The van der Waals surface area contributed by atoms with Gasteiger partial charge in [-0.05, 0) is 54.6 Å². The van der Waals surface area contributed by atoms with Gasteiger partial charge in [0.1, 0.15) is 5.82 Å². The lowest BCUT2D eigenvalue weighted by atomic mass is 9.92. The zero-order valence-corrected chi connectivity index (χ0v) is 17.1. The standard InChI is InChI=1S/C23H15FN2O5S/c24-15-7-11-17(12-8-15)32(30,31)26-20-13-21(22(27)19-4-2-1-3-18(19)20)25-16-9-5-14(6-10-16)23(28)29/h1-13,25H,(H,28,29). The number of carbonyl (C=O) groups is 2. The quantitative estimate of drug-likeness (QED) is 0.610. The number of Topliss-reactive ketones (excluding diaryl/α,β-unsaturated/α-hetero) is 1. The lowest BCUT2D eigenvalue weighted by Gasteiger charge is -2.18. The first-order chi connectivity index (χ1) is 15.2. The molecule has 0 fully saturated rings. The highest BCUT2D eigenvalue weighted by Crippen LogP contribution is 2.25. The second-order valence-corrected chi connectivity index (χ2v) is 8.45. The van der Waals surface area contributed by atoms with Gasteiger partial charge in [0.2, 0.25) is 5.78 Å². The fourth-order valence-electron chi connectivity index (χ4n) is 3.14. The number of rotatable bonds is 5. The number of fused-ring (bicyclic) bond motifs is 1. The summed E-state index contributed by atoms with van der Waals surface area (Å²) >= 11 is 0. The van der Waals surface area contributed by atoms with Crippen LogP contribution in [0.15, 0.2) is 93.9 Å². The van der Waals surface area contributed by atoms with E-state index in [4.69, 9.17) is 5.11 Å². The third kappa shape index (κ3) is 4.19. The zero-order chi connectivity index (χ0) is 22.9. The van der Waals surface area contributed by atoms with Crippen LogP contribution >= 0.6 is 0 Å². The van der Waals surface area contributed by atoms with Crippen molar-refractivity contribution in [3.05, 3.63) is 107 Å². The van der Waals surface area contributed by atoms with E-state index in [0.29, 0.717) is 11.3 Å². The van der Waals surface area contributed by atoms with Gasteiger partial charge in [-0.25, -0.2) is 9.18 Å². The second-order valence-electron chi connectivity index (χ2n) is 6.85. The monoisotopic (exact) mass is 450 g/mol. The van der Waals surface area contributed by atoms with Crippen LogP contribution in [0.25, 0.3) is 0 Å². The molecule has 0 spiro atoms. The number of ketones is 1. The highest BCUT2D eigenvalue weighted by atomic mass is 32.2. The van der Waals surface area contributed by atoms with E-state index in [2.05, 4.69) is 9.71 Å². The van der Waals surface area contributed by atoms with E-state index in [9.17, 15) is 22.4 Å². The molecule has 2 N–H and O–H groups in total. The Hall–Kier alpha value is -4.11. The van der Waals surface area contributed by atoms with E-state index in [1.54, 1.807) is 24.3 Å². The van der Waals surface area contributed by atoms with Crippen molar-refractivity contribution in [2.45, 2.75) is 4.90 Å². The van der Waals surface area contributed by atoms with E-state index < -0.39 is 21.8 Å². The normalized spacial score (nSPS) is 14.6. The number of nitrogens with one attached hydrogen (secondary N) is 1. The largest absolute Gasteiger partial charge is 0.478 e. The number of carboxylic acid groups (broad SMARTS) is 1. The average Bonchev–Trinajstić information content (AvgIpc) is 2.77. The Morgan fingerprint density at radius 1 is 0.906 bits per heavy atom. The number of sulfonamides is 1. The Labute approximate surface area is 182 Å². The lowest BCUT2D eigenvalue weighted by molar-refractivity contribution is 0.0696. The lowest BCUT2D eigenvalue weighted by Crippen LogP contribution is -2.22. The first-order valence-electron chi connectivity index (χ1n) is 9.31. The van der Waals surface area contributed by atoms with Gasteiger partial charge in [0.05, 0.1) is 21.9 Å². The van der Waals surface area contributed by atoms with Crippen LogP contribution in [0.1, 0.15) is 26.3 Å². The fourth-order valence-corrected chi connectivity index (χ4v) is 4.13. The van der Waals surface area contributed by atoms with Crippen LogP contribution in [0.4, 0.5) is 10.1 Å². The molecule has 0 bridgehead atoms. The summed E-state index contributed by atoms with van der Waals surface area (Å²) < 4.78 is 42.6. The van der Waals surface area contributed by atoms with Crippen molar-refractivity contribution in [1.82, 2.24) is 0 Å². The Morgan fingerprint density at radius 3 is 2.16 bits per heavy atom. The van der Waals surface area contributed by atoms with Crippen LogP contribution < -0.4 is 5.32 Å². The molecule has 0 aromatic heterocycles. The van der Waals surface area contributed by atoms with Crippen molar-refractivity contribution in [2.75, 3.05) is 5.32 Å². The fraction of sp³-hybridized carbons (Fsp3) is 0. The van der Waals surface area contributed by atoms with E-state index in [1.807, 2.05) is 0 Å². The zero-order valence-electron chi connectivity index (χ0n) is 16.3. The van der Waals surface area contributed by atoms with Crippen molar-refractivity contribution in [2.24, 2.45) is 4.40 Å². The van der Waals surface area contributed by atoms with Crippen LogP contribution in [0, 0.1) is 5.82 Å². The van der Waals surface area contributed by atoms with Crippen molar-refractivity contribution < 1.29 is 27.5 Å². The minimum atomic E-state index is -4.18. The molecular weight excluding hydrogens is 435 g/mol. The molecule has 7 nitrogen and oxygen atoms in total. The van der Waals surface area contributed by atoms with Crippen molar-refractivity contribution >= 4 is 33.2 Å². The summed E-state index contributed by atoms with van der Waals surface area (Å²) in [7, 11) is -4.18. The molecule has 0 unspecified atom stereocenters. The minimum Gasteiger partial charge on any atom is -0.478 e. The van der Waals surface area contributed by atoms with Crippen LogP contribution in [0.3, 0.4) is 0 Å². The summed E-state index contributed by atoms with van der Waals surface area (Å²) in [4.78, 5) is 23.8. The number of allylic oxidation sites excluding steroid dienone is 2. The summed E-state index contributed by atoms with van der Waals surface area (Å²) in [6, 6.07) is 16.4. The van der Waals surface area contributed by atoms with Crippen LogP contribution in [0.2, 0.25) is 0 Å². The number of halogens is 1. The van der Waals surface area contributed by atoms with E-state index in [-0.39, 0.29) is 33.2 Å². The summed E-state index contributed by atoms with van der Waals surface area (Å²) in [5.74, 6) is -2.04. The van der Waals surface area contributed by atoms with Gasteiger partial charge < -0.3 is 10.4 Å². The molecule has 0 radical (unpaired) electrons. The Balaban J connectivity index is 1.76. The van der Waals surface area contributed by atoms with Gasteiger partial charge in [-0.3, -0.25) is 4.79 Å².